The first-order valence-corrected chi connectivity index (χ1v) is 11.9. The second-order valence-corrected chi connectivity index (χ2v) is 9.41. The molecule has 0 spiro atoms. The van der Waals surface area contributed by atoms with Crippen molar-refractivity contribution >= 4 is 41.5 Å². The fourth-order valence-electron chi connectivity index (χ4n) is 3.66. The van der Waals surface area contributed by atoms with Gasteiger partial charge in [0.2, 0.25) is 0 Å². The van der Waals surface area contributed by atoms with E-state index in [0.717, 1.165) is 5.52 Å². The van der Waals surface area contributed by atoms with Crippen LogP contribution >= 0.6 is 7.60 Å². The van der Waals surface area contributed by atoms with Crippen LogP contribution in [0.3, 0.4) is 0 Å². The van der Waals surface area contributed by atoms with E-state index >= 15 is 0 Å². The van der Waals surface area contributed by atoms with Crippen molar-refractivity contribution in [3.63, 3.8) is 0 Å². The number of aryl methyl sites for hydroxylation is 1. The van der Waals surface area contributed by atoms with Crippen molar-refractivity contribution in [3.05, 3.63) is 53.6 Å². The van der Waals surface area contributed by atoms with Crippen molar-refractivity contribution in [3.8, 4) is 5.75 Å². The highest BCUT2D eigenvalue weighted by Crippen LogP contribution is 2.35. The lowest BCUT2D eigenvalue weighted by atomic mass is 10.1. The Morgan fingerprint density at radius 2 is 2.00 bits per heavy atom. The van der Waals surface area contributed by atoms with Gasteiger partial charge in [0.1, 0.15) is 29.0 Å². The molecule has 0 saturated heterocycles. The number of ether oxygens (including phenoxy) is 1. The highest BCUT2D eigenvalue weighted by atomic mass is 31.2. The number of aromatic nitrogens is 4. The van der Waals surface area contributed by atoms with Crippen LogP contribution in [0.2, 0.25) is 0 Å². The van der Waals surface area contributed by atoms with Crippen molar-refractivity contribution in [1.29, 1.82) is 0 Å². The molecule has 1 atom stereocenters. The highest BCUT2D eigenvalue weighted by Gasteiger charge is 2.29. The maximum atomic E-state index is 12.6. The molecular formula is C21H22N5O7P. The van der Waals surface area contributed by atoms with Gasteiger partial charge in [-0.05, 0) is 30.3 Å². The standard InChI is InChI=1S/C21H22N5O7P/c1-26-15-8-11(20(27)24-14(21(28)29)10-34(30,31)32)6-7-12(15)23-18(26)9-17-22-13-4-3-5-16(33-2)19(13)25-17/h3-8,14H,9-10H2,1-2H3,(H,22,25)(H,24,27)(H,28,29)(H2,30,31,32)/t14-/m0/s1. The number of carboxylic acids is 1. The number of benzene rings is 2. The molecule has 0 saturated carbocycles. The zero-order valence-electron chi connectivity index (χ0n) is 18.2. The number of para-hydroxylation sites is 1. The van der Waals surface area contributed by atoms with Gasteiger partial charge in [-0.3, -0.25) is 9.36 Å². The summed E-state index contributed by atoms with van der Waals surface area (Å²) in [6, 6.07) is 8.48. The molecule has 4 aromatic rings. The summed E-state index contributed by atoms with van der Waals surface area (Å²) in [5.41, 5.74) is 2.91. The number of imidazole rings is 2. The molecule has 1 amide bonds. The third kappa shape index (κ3) is 4.79. The predicted molar refractivity (Wildman–Crippen MR) is 122 cm³/mol. The SMILES string of the molecule is COc1cccc2[nH]c(Cc3nc4ccc(C(=O)N[C@@H](CP(=O)(O)O)C(=O)O)cc4n3C)nc12. The molecule has 12 nitrogen and oxygen atoms in total. The number of fused-ring (bicyclic) bond motifs is 2. The molecule has 2 aromatic heterocycles. The second-order valence-electron chi connectivity index (χ2n) is 7.72. The molecule has 34 heavy (non-hydrogen) atoms. The average molecular weight is 487 g/mol. The zero-order valence-corrected chi connectivity index (χ0v) is 19.1. The van der Waals surface area contributed by atoms with E-state index in [2.05, 4.69) is 20.3 Å². The molecule has 0 unspecified atom stereocenters. The van der Waals surface area contributed by atoms with E-state index < -0.39 is 31.7 Å². The molecule has 0 radical (unpaired) electrons. The van der Waals surface area contributed by atoms with Crippen molar-refractivity contribution in [2.24, 2.45) is 7.05 Å². The van der Waals surface area contributed by atoms with Crippen molar-refractivity contribution in [2.45, 2.75) is 12.5 Å². The minimum atomic E-state index is -4.64. The van der Waals surface area contributed by atoms with Gasteiger partial charge >= 0.3 is 13.6 Å². The first kappa shape index (κ1) is 23.4. The molecule has 178 valence electrons. The first-order chi connectivity index (χ1) is 16.1. The number of aromatic amines is 1. The highest BCUT2D eigenvalue weighted by molar-refractivity contribution is 7.51. The number of H-pyrrole nitrogens is 1. The van der Waals surface area contributed by atoms with Crippen molar-refractivity contribution in [2.75, 3.05) is 13.3 Å². The number of nitrogens with zero attached hydrogens (tertiary/aromatic N) is 3. The zero-order chi connectivity index (χ0) is 24.6. The summed E-state index contributed by atoms with van der Waals surface area (Å²) in [7, 11) is -1.29. The van der Waals surface area contributed by atoms with E-state index in [4.69, 9.17) is 14.5 Å². The van der Waals surface area contributed by atoms with Crippen LogP contribution in [0.25, 0.3) is 22.1 Å². The van der Waals surface area contributed by atoms with E-state index in [1.54, 1.807) is 30.9 Å². The third-order valence-corrected chi connectivity index (χ3v) is 6.17. The van der Waals surface area contributed by atoms with Gasteiger partial charge in [-0.2, -0.15) is 0 Å². The molecule has 4 rings (SSSR count). The lowest BCUT2D eigenvalue weighted by molar-refractivity contribution is -0.138. The van der Waals surface area contributed by atoms with Crippen LogP contribution in [0.5, 0.6) is 5.75 Å². The van der Waals surface area contributed by atoms with E-state index in [-0.39, 0.29) is 5.56 Å². The Morgan fingerprint density at radius 3 is 2.68 bits per heavy atom. The molecule has 0 aliphatic rings. The quantitative estimate of drug-likeness (QED) is 0.230. The van der Waals surface area contributed by atoms with Crippen molar-refractivity contribution in [1.82, 2.24) is 24.8 Å². The summed E-state index contributed by atoms with van der Waals surface area (Å²) >= 11 is 0. The lowest BCUT2D eigenvalue weighted by Crippen LogP contribution is -2.43. The number of nitrogens with one attached hydrogen (secondary N) is 2. The topological polar surface area (TPSA) is 180 Å². The first-order valence-electron chi connectivity index (χ1n) is 10.1. The number of carbonyl (C=O) groups excluding carboxylic acids is 1. The Morgan fingerprint density at radius 1 is 1.24 bits per heavy atom. The average Bonchev–Trinajstić information content (AvgIpc) is 3.32. The Kier molecular flexibility index (Phi) is 6.13. The van der Waals surface area contributed by atoms with Crippen LogP contribution in [0.15, 0.2) is 36.4 Å². The van der Waals surface area contributed by atoms with Crippen LogP contribution in [-0.2, 0) is 22.8 Å². The molecule has 0 aliphatic heterocycles. The maximum absolute atomic E-state index is 12.6. The minimum absolute atomic E-state index is 0.132. The van der Waals surface area contributed by atoms with Crippen molar-refractivity contribution < 1.29 is 33.8 Å². The number of methoxy groups -OCH3 is 1. The number of amides is 1. The number of rotatable bonds is 8. The van der Waals surface area contributed by atoms with Gasteiger partial charge in [-0.15, -0.1) is 0 Å². The third-order valence-electron chi connectivity index (χ3n) is 5.33. The molecule has 0 bridgehead atoms. The van der Waals surface area contributed by atoms with Gasteiger partial charge in [0, 0.05) is 12.6 Å². The van der Waals surface area contributed by atoms with Gasteiger partial charge in [0.05, 0.1) is 36.2 Å². The fraction of sp³-hybridized carbons (Fsp3) is 0.238. The van der Waals surface area contributed by atoms with Gasteiger partial charge in [-0.1, -0.05) is 6.07 Å². The number of carbonyl (C=O) groups is 2. The van der Waals surface area contributed by atoms with Crippen LogP contribution in [0, 0.1) is 0 Å². The lowest BCUT2D eigenvalue weighted by Gasteiger charge is -2.15. The Labute approximate surface area is 192 Å². The largest absolute Gasteiger partial charge is 0.494 e. The fourth-order valence-corrected chi connectivity index (χ4v) is 4.38. The normalized spacial score (nSPS) is 12.7. The summed E-state index contributed by atoms with van der Waals surface area (Å²) in [5.74, 6) is -0.301. The second kappa shape index (κ2) is 8.90. The number of carboxylic acid groups (broad SMARTS) is 1. The summed E-state index contributed by atoms with van der Waals surface area (Å²) in [4.78, 5) is 54.5. The Hall–Kier alpha value is -3.73. The smallest absolute Gasteiger partial charge is 0.328 e. The predicted octanol–water partition coefficient (Wildman–Crippen LogP) is 1.41. The van der Waals surface area contributed by atoms with E-state index in [9.17, 15) is 19.3 Å². The van der Waals surface area contributed by atoms with E-state index in [1.165, 1.54) is 6.07 Å². The van der Waals surface area contributed by atoms with Crippen LogP contribution in [0.1, 0.15) is 22.0 Å². The number of hydrogen-bond donors (Lipinski definition) is 5. The molecule has 0 fully saturated rings. The summed E-state index contributed by atoms with van der Waals surface area (Å²) in [6.07, 6.45) is -0.623. The van der Waals surface area contributed by atoms with Gasteiger partial charge in [0.15, 0.2) is 0 Å². The minimum Gasteiger partial charge on any atom is -0.494 e. The van der Waals surface area contributed by atoms with Crippen LogP contribution in [0.4, 0.5) is 0 Å². The van der Waals surface area contributed by atoms with Gasteiger partial charge in [-0.25, -0.2) is 14.8 Å². The van der Waals surface area contributed by atoms with Crippen LogP contribution in [-0.4, -0.2) is 65.6 Å². The Balaban J connectivity index is 1.59. The summed E-state index contributed by atoms with van der Waals surface area (Å²) in [6.45, 7) is 0. The van der Waals surface area contributed by atoms with E-state index in [0.29, 0.717) is 40.4 Å². The van der Waals surface area contributed by atoms with E-state index in [1.807, 2.05) is 18.2 Å². The number of aliphatic carboxylic acids is 1. The molecule has 13 heteroatoms. The summed E-state index contributed by atoms with van der Waals surface area (Å²) in [5, 5.41) is 11.3. The number of hydrogen-bond acceptors (Lipinski definition) is 6. The van der Waals surface area contributed by atoms with Gasteiger partial charge < -0.3 is 34.5 Å². The Bertz CT molecular complexity index is 1450. The van der Waals surface area contributed by atoms with Crippen LogP contribution < -0.4 is 10.1 Å². The molecule has 5 N–H and O–H groups in total. The monoisotopic (exact) mass is 487 g/mol. The van der Waals surface area contributed by atoms with Gasteiger partial charge in [0.25, 0.3) is 5.91 Å². The molecule has 2 aromatic carbocycles. The summed E-state index contributed by atoms with van der Waals surface area (Å²) < 4.78 is 18.3. The molecular weight excluding hydrogens is 465 g/mol. The maximum Gasteiger partial charge on any atom is 0.328 e. The molecule has 0 aliphatic carbocycles. The molecule has 2 heterocycles.